The number of aromatic nitrogens is 3. The van der Waals surface area contributed by atoms with Gasteiger partial charge in [-0.15, -0.1) is 0 Å². The van der Waals surface area contributed by atoms with Crippen LogP contribution in [0.25, 0.3) is 27.9 Å². The van der Waals surface area contributed by atoms with Crippen LogP contribution in [0.5, 0.6) is 0 Å². The van der Waals surface area contributed by atoms with Crippen molar-refractivity contribution in [3.8, 4) is 22.4 Å². The Labute approximate surface area is 188 Å². The van der Waals surface area contributed by atoms with E-state index < -0.39 is 5.97 Å². The molecule has 0 amide bonds. The van der Waals surface area contributed by atoms with E-state index in [0.717, 1.165) is 64.8 Å². The van der Waals surface area contributed by atoms with Crippen LogP contribution in [-0.4, -0.2) is 25.7 Å². The van der Waals surface area contributed by atoms with Crippen molar-refractivity contribution in [1.29, 1.82) is 0 Å². The molecule has 5 nitrogen and oxygen atoms in total. The largest absolute Gasteiger partial charge is 0.481 e. The maximum Gasteiger partial charge on any atom is 0.303 e. The topological polar surface area (TPSA) is 67.5 Å². The molecule has 4 rings (SSSR count). The fourth-order valence-electron chi connectivity index (χ4n) is 4.27. The van der Waals surface area contributed by atoms with E-state index in [-0.39, 0.29) is 6.42 Å². The van der Waals surface area contributed by atoms with Crippen LogP contribution in [0.4, 0.5) is 0 Å². The van der Waals surface area contributed by atoms with Gasteiger partial charge in [0, 0.05) is 41.2 Å². The summed E-state index contributed by atoms with van der Waals surface area (Å²) in [5, 5.41) is 14.2. The molecule has 0 saturated heterocycles. The van der Waals surface area contributed by atoms with Gasteiger partial charge in [0.2, 0.25) is 0 Å². The zero-order valence-electron chi connectivity index (χ0n) is 18.7. The Morgan fingerprint density at radius 1 is 0.969 bits per heavy atom. The van der Waals surface area contributed by atoms with Crippen molar-refractivity contribution in [3.63, 3.8) is 0 Å². The van der Waals surface area contributed by atoms with Crippen molar-refractivity contribution in [3.05, 3.63) is 77.7 Å². The Morgan fingerprint density at radius 3 is 2.50 bits per heavy atom. The third kappa shape index (κ3) is 4.42. The molecule has 1 aromatic carbocycles. The SMILES string of the molecule is CCc1cncc(-c2c(CCCCC(=O)O)c(-c3ccccc3)nn3c(CC)ccc23)c1. The first kappa shape index (κ1) is 21.8. The van der Waals surface area contributed by atoms with Crippen LogP contribution in [0.3, 0.4) is 0 Å². The van der Waals surface area contributed by atoms with Crippen molar-refractivity contribution < 1.29 is 9.90 Å². The molecule has 3 aromatic heterocycles. The molecule has 0 saturated carbocycles. The molecule has 0 unspecified atom stereocenters. The second-order valence-corrected chi connectivity index (χ2v) is 8.08. The Balaban J connectivity index is 1.97. The number of fused-ring (bicyclic) bond motifs is 1. The van der Waals surface area contributed by atoms with Crippen molar-refractivity contribution in [2.75, 3.05) is 0 Å². The van der Waals surface area contributed by atoms with Gasteiger partial charge in [0.1, 0.15) is 0 Å². The highest BCUT2D eigenvalue weighted by atomic mass is 16.4. The molecule has 0 aliphatic heterocycles. The maximum atomic E-state index is 11.0. The van der Waals surface area contributed by atoms with Crippen LogP contribution >= 0.6 is 0 Å². The molecule has 0 radical (unpaired) electrons. The normalized spacial score (nSPS) is 11.2. The third-order valence-electron chi connectivity index (χ3n) is 5.95. The minimum absolute atomic E-state index is 0.184. The van der Waals surface area contributed by atoms with E-state index >= 15 is 0 Å². The lowest BCUT2D eigenvalue weighted by molar-refractivity contribution is -0.137. The first-order valence-electron chi connectivity index (χ1n) is 11.4. The fourth-order valence-corrected chi connectivity index (χ4v) is 4.27. The van der Waals surface area contributed by atoms with Gasteiger partial charge in [-0.1, -0.05) is 44.2 Å². The third-order valence-corrected chi connectivity index (χ3v) is 5.95. The van der Waals surface area contributed by atoms with Crippen LogP contribution in [-0.2, 0) is 24.1 Å². The van der Waals surface area contributed by atoms with Crippen molar-refractivity contribution in [2.24, 2.45) is 0 Å². The molecule has 0 atom stereocenters. The lowest BCUT2D eigenvalue weighted by Gasteiger charge is -2.18. The van der Waals surface area contributed by atoms with Crippen LogP contribution in [0, 0.1) is 0 Å². The monoisotopic (exact) mass is 427 g/mol. The molecular weight excluding hydrogens is 398 g/mol. The number of nitrogens with zero attached hydrogens (tertiary/aromatic N) is 3. The van der Waals surface area contributed by atoms with E-state index in [1.807, 2.05) is 30.6 Å². The van der Waals surface area contributed by atoms with Crippen LogP contribution in [0.2, 0.25) is 0 Å². The summed E-state index contributed by atoms with van der Waals surface area (Å²) < 4.78 is 2.07. The molecule has 0 spiro atoms. The van der Waals surface area contributed by atoms with Gasteiger partial charge in [-0.3, -0.25) is 9.78 Å². The van der Waals surface area contributed by atoms with Crippen LogP contribution in [0.15, 0.2) is 60.9 Å². The van der Waals surface area contributed by atoms with Crippen molar-refractivity contribution in [1.82, 2.24) is 14.6 Å². The van der Waals surface area contributed by atoms with E-state index in [1.54, 1.807) is 0 Å². The number of unbranched alkanes of at least 4 members (excludes halogenated alkanes) is 1. The smallest absolute Gasteiger partial charge is 0.303 e. The molecule has 0 fully saturated rings. The van der Waals surface area contributed by atoms with Crippen LogP contribution in [0.1, 0.15) is 49.9 Å². The molecule has 32 heavy (non-hydrogen) atoms. The van der Waals surface area contributed by atoms with Crippen molar-refractivity contribution in [2.45, 2.75) is 52.4 Å². The molecule has 3 heterocycles. The summed E-state index contributed by atoms with van der Waals surface area (Å²) >= 11 is 0. The number of hydrogen-bond acceptors (Lipinski definition) is 3. The lowest BCUT2D eigenvalue weighted by Crippen LogP contribution is -2.07. The molecule has 0 aliphatic rings. The van der Waals surface area contributed by atoms with E-state index in [0.29, 0.717) is 6.42 Å². The minimum atomic E-state index is -0.749. The summed E-state index contributed by atoms with van der Waals surface area (Å²) in [7, 11) is 0. The number of aryl methyl sites for hydroxylation is 2. The number of benzene rings is 1. The van der Waals surface area contributed by atoms with Gasteiger partial charge < -0.3 is 5.11 Å². The Morgan fingerprint density at radius 2 is 1.78 bits per heavy atom. The van der Waals surface area contributed by atoms with Gasteiger partial charge in [0.15, 0.2) is 0 Å². The molecule has 164 valence electrons. The van der Waals surface area contributed by atoms with E-state index in [2.05, 4.69) is 53.7 Å². The van der Waals surface area contributed by atoms with Gasteiger partial charge in [-0.05, 0) is 61.4 Å². The minimum Gasteiger partial charge on any atom is -0.481 e. The highest BCUT2D eigenvalue weighted by Crippen LogP contribution is 2.36. The molecule has 0 bridgehead atoms. The summed E-state index contributed by atoms with van der Waals surface area (Å²) in [5.74, 6) is -0.749. The zero-order valence-corrected chi connectivity index (χ0v) is 18.7. The predicted octanol–water partition coefficient (Wildman–Crippen LogP) is 5.99. The number of hydrogen-bond donors (Lipinski definition) is 1. The van der Waals surface area contributed by atoms with E-state index in [1.165, 1.54) is 5.56 Å². The van der Waals surface area contributed by atoms with E-state index in [9.17, 15) is 4.79 Å². The fraction of sp³-hybridized carbons (Fsp3) is 0.296. The van der Waals surface area contributed by atoms with Crippen LogP contribution < -0.4 is 0 Å². The summed E-state index contributed by atoms with van der Waals surface area (Å²) in [6.07, 6.45) is 8.04. The average Bonchev–Trinajstić information content (AvgIpc) is 3.24. The van der Waals surface area contributed by atoms with Gasteiger partial charge in [-0.25, -0.2) is 4.52 Å². The predicted molar refractivity (Wildman–Crippen MR) is 128 cm³/mol. The molecule has 1 N–H and O–H groups in total. The van der Waals surface area contributed by atoms with Gasteiger partial charge in [0.25, 0.3) is 0 Å². The summed E-state index contributed by atoms with van der Waals surface area (Å²) in [6.45, 7) is 4.28. The van der Waals surface area contributed by atoms with Gasteiger partial charge in [0.05, 0.1) is 11.2 Å². The molecule has 5 heteroatoms. The summed E-state index contributed by atoms with van der Waals surface area (Å²) in [5.41, 5.74) is 8.85. The summed E-state index contributed by atoms with van der Waals surface area (Å²) in [4.78, 5) is 15.6. The number of aliphatic carboxylic acids is 1. The molecular formula is C27H29N3O2. The maximum absolute atomic E-state index is 11.0. The number of carboxylic acids is 1. The Hall–Kier alpha value is -3.47. The lowest BCUT2D eigenvalue weighted by atomic mass is 9.92. The second kappa shape index (κ2) is 9.77. The van der Waals surface area contributed by atoms with E-state index in [4.69, 9.17) is 10.2 Å². The van der Waals surface area contributed by atoms with Gasteiger partial charge in [-0.2, -0.15) is 5.10 Å². The number of rotatable bonds is 9. The highest BCUT2D eigenvalue weighted by Gasteiger charge is 2.20. The molecule has 0 aliphatic carbocycles. The highest BCUT2D eigenvalue weighted by molar-refractivity contribution is 5.87. The average molecular weight is 428 g/mol. The number of pyridine rings is 1. The second-order valence-electron chi connectivity index (χ2n) is 8.08. The van der Waals surface area contributed by atoms with Crippen molar-refractivity contribution >= 4 is 11.5 Å². The summed E-state index contributed by atoms with van der Waals surface area (Å²) in [6, 6.07) is 16.8. The molecule has 4 aromatic rings. The number of carbonyl (C=O) groups is 1. The first-order valence-corrected chi connectivity index (χ1v) is 11.4. The standard InChI is InChI=1S/C27H29N3O2/c1-3-19-16-21(18-28-17-19)26-23(12-8-9-13-25(31)32)27(20-10-6-5-7-11-20)29-30-22(4-2)14-15-24(26)30/h5-7,10-11,14-18H,3-4,8-9,12-13H2,1-2H3,(H,31,32). The first-order chi connectivity index (χ1) is 15.6. The Kier molecular flexibility index (Phi) is 6.64. The number of carboxylic acid groups (broad SMARTS) is 1. The quantitative estimate of drug-likeness (QED) is 0.333. The van der Waals surface area contributed by atoms with Gasteiger partial charge >= 0.3 is 5.97 Å². The Bertz CT molecular complexity index is 1230. The zero-order chi connectivity index (χ0) is 22.5.